The fourth-order valence-electron chi connectivity index (χ4n) is 21.7. The number of phenolic OH excluding ortho intramolecular Hbond substituents is 1. The molecule has 9 aromatic rings. The Morgan fingerprint density at radius 3 is 1.26 bits per heavy atom. The van der Waals surface area contributed by atoms with Gasteiger partial charge in [0.2, 0.25) is 9.84 Å². The third-order valence-corrected chi connectivity index (χ3v) is 35.8. The van der Waals surface area contributed by atoms with Crippen LogP contribution in [0.25, 0.3) is 0 Å². The Hall–Kier alpha value is -11.7. The van der Waals surface area contributed by atoms with Gasteiger partial charge in [0.1, 0.15) is 28.7 Å². The topological polar surface area (TPSA) is 455 Å². The Morgan fingerprint density at radius 1 is 0.517 bits per heavy atom. The van der Waals surface area contributed by atoms with Crippen molar-refractivity contribution in [1.82, 2.24) is 58.7 Å². The van der Waals surface area contributed by atoms with Gasteiger partial charge in [-0.1, -0.05) is 67.9 Å². The molecule has 4 saturated carbocycles. The molecule has 5 aromatic carbocycles. The number of rotatable bonds is 36. The molecule has 149 heavy (non-hydrogen) atoms. The molecule has 8 heterocycles. The van der Waals surface area contributed by atoms with Crippen molar-refractivity contribution in [2.24, 2.45) is 40.7 Å². The number of phenols is 1. The number of sulfone groups is 2. The lowest BCUT2D eigenvalue weighted by atomic mass is 9.76. The zero-order valence-electron chi connectivity index (χ0n) is 84.6. The van der Waals surface area contributed by atoms with Crippen molar-refractivity contribution < 1.29 is 104 Å². The molecular formula is C105H130F9N18O14PS2. The minimum atomic E-state index is -4.70. The third kappa shape index (κ3) is 26.4. The number of amides is 4. The van der Waals surface area contributed by atoms with Crippen LogP contribution < -0.4 is 33.0 Å². The summed E-state index contributed by atoms with van der Waals surface area (Å²) in [7, 11) is -11.4. The summed E-state index contributed by atoms with van der Waals surface area (Å²) in [6, 6.07) is 35.7. The van der Waals surface area contributed by atoms with Crippen molar-refractivity contribution in [3.8, 4) is 23.6 Å². The molecule has 4 aliphatic heterocycles. The lowest BCUT2D eigenvalue weighted by molar-refractivity contribution is -0.216. The maximum Gasteiger partial charge on any atom is 0.394 e. The van der Waals surface area contributed by atoms with E-state index in [-0.39, 0.29) is 128 Å². The van der Waals surface area contributed by atoms with Gasteiger partial charge in [-0.15, -0.1) is 0 Å². The van der Waals surface area contributed by atoms with E-state index in [1.807, 2.05) is 33.5 Å². The molecule has 0 bridgehead atoms. The number of likely N-dealkylation sites (tertiary alicyclic amines) is 4. The summed E-state index contributed by atoms with van der Waals surface area (Å²) in [5.74, 6) is -7.73. The summed E-state index contributed by atoms with van der Waals surface area (Å²) in [6.45, 7) is 15.8. The number of ketones is 1. The first-order chi connectivity index (χ1) is 70.4. The number of alkyl halides is 8. The number of aromatic nitrogens is 8. The average molecular weight is 2130 g/mol. The van der Waals surface area contributed by atoms with Gasteiger partial charge < -0.3 is 41.8 Å². The Morgan fingerprint density at radius 2 is 0.886 bits per heavy atom. The van der Waals surface area contributed by atoms with Crippen LogP contribution in [0.3, 0.4) is 0 Å². The van der Waals surface area contributed by atoms with Crippen LogP contribution in [-0.4, -0.2) is 224 Å². The normalized spacial score (nSPS) is 22.0. The molecule has 4 amide bonds. The highest BCUT2D eigenvalue weighted by atomic mass is 32.2. The van der Waals surface area contributed by atoms with E-state index < -0.39 is 102 Å². The lowest BCUT2D eigenvalue weighted by Gasteiger charge is -2.53. The summed E-state index contributed by atoms with van der Waals surface area (Å²) in [5.41, 5.74) is 27.2. The van der Waals surface area contributed by atoms with Crippen molar-refractivity contribution in [3.63, 3.8) is 0 Å². The van der Waals surface area contributed by atoms with E-state index in [1.165, 1.54) is 48.0 Å². The fourth-order valence-corrected chi connectivity index (χ4v) is 24.6. The summed E-state index contributed by atoms with van der Waals surface area (Å²) in [5, 5.41) is 48.2. The Bertz CT molecular complexity index is 6620. The molecule has 0 unspecified atom stereocenters. The van der Waals surface area contributed by atoms with Crippen LogP contribution in [0, 0.1) is 53.2 Å². The zero-order valence-corrected chi connectivity index (χ0v) is 87.1. The van der Waals surface area contributed by atoms with Gasteiger partial charge in [0.15, 0.2) is 9.84 Å². The molecule has 0 spiro atoms. The predicted molar refractivity (Wildman–Crippen MR) is 535 cm³/mol. The number of nitrogens with two attached hydrogens (primary N) is 4. The number of hydrogen-bond acceptors (Lipinski definition) is 24. The second-order valence-electron chi connectivity index (χ2n) is 41.2. The largest absolute Gasteiger partial charge is 0.508 e. The van der Waals surface area contributed by atoms with Crippen LogP contribution in [0.15, 0.2) is 150 Å². The van der Waals surface area contributed by atoms with Crippen LogP contribution in [0.5, 0.6) is 11.5 Å². The number of benzene rings is 5. The smallest absolute Gasteiger partial charge is 0.394 e. The van der Waals surface area contributed by atoms with E-state index in [0.717, 1.165) is 125 Å². The number of ether oxygens (including phenoxy) is 1. The van der Waals surface area contributed by atoms with E-state index in [4.69, 9.17) is 52.0 Å². The van der Waals surface area contributed by atoms with Crippen LogP contribution in [-0.2, 0) is 92.5 Å². The number of aryl methyl sites for hydroxylation is 1. The van der Waals surface area contributed by atoms with E-state index >= 15 is 0 Å². The number of aromatic hydroxyl groups is 1. The fraction of sp³-hybridized carbons (Fsp3) is 0.533. The van der Waals surface area contributed by atoms with Crippen molar-refractivity contribution in [2.75, 3.05) is 71.8 Å². The molecule has 9 N–H and O–H groups in total. The quantitative estimate of drug-likeness (QED) is 0.0180. The number of halogens is 9. The van der Waals surface area contributed by atoms with Crippen LogP contribution in [0.1, 0.15) is 255 Å². The molecule has 804 valence electrons. The van der Waals surface area contributed by atoms with Gasteiger partial charge in [-0.3, -0.25) is 66.9 Å². The first-order valence-electron chi connectivity index (χ1n) is 50.4. The SMILES string of the molecule is CCC1(n2cc(C(N)=O)c(Cc3ccc(S(=O)(=O)C(F)F)cc3)n2)CCN(Cc2cc(O)ccc2F)CC1.CCC1(n2cc(C(N)=O)c(Cc3ccc(S(C)(=O)=O)cc3)n2)CCC(N2CC(C(F)(F)F)C2)CC1.CCOP(=O)(OCC)c1ccc(Cc2nn(C3(CC#N)CCC(N4CC(C(F)(F)F)C4)CC3)cc2C(N)=O)cc1.Cc1ccc(OC2(C)CN(C3CCC(CC#N)(n4cc(C(N)=O)c(CC(=O)C5CC5)n4)CC3)C2)cc1. The molecule has 17 rings (SSSR count). The van der Waals surface area contributed by atoms with Crippen molar-refractivity contribution in [2.45, 2.75) is 276 Å². The number of nitriles is 2. The van der Waals surface area contributed by atoms with E-state index in [0.29, 0.717) is 127 Å². The number of Topliss-reactive ketones (excluding diaryl/α,β-unsaturated/α-hetero) is 1. The third-order valence-electron chi connectivity index (χ3n) is 31.1. The van der Waals surface area contributed by atoms with Gasteiger partial charge in [-0.2, -0.15) is 66.0 Å². The highest BCUT2D eigenvalue weighted by Crippen LogP contribution is 2.50. The molecule has 8 fully saturated rings. The summed E-state index contributed by atoms with van der Waals surface area (Å²) in [6.07, 6.45) is 14.3. The first-order valence-corrected chi connectivity index (χ1v) is 55.4. The maximum atomic E-state index is 14.2. The number of carbonyl (C=O) groups excluding carboxylic acids is 5. The summed E-state index contributed by atoms with van der Waals surface area (Å²) >= 11 is 0. The molecule has 0 atom stereocenters. The number of piperidine rings is 1. The highest BCUT2D eigenvalue weighted by Gasteiger charge is 2.54. The summed E-state index contributed by atoms with van der Waals surface area (Å²) in [4.78, 5) is 69.4. The molecule has 4 saturated heterocycles. The van der Waals surface area contributed by atoms with E-state index in [1.54, 1.807) is 89.1 Å². The van der Waals surface area contributed by atoms with Gasteiger partial charge in [0, 0.05) is 139 Å². The number of primary amides is 4. The van der Waals surface area contributed by atoms with Crippen LogP contribution in [0.2, 0.25) is 0 Å². The Balaban J connectivity index is 0.000000157. The van der Waals surface area contributed by atoms with Crippen molar-refractivity contribution in [1.29, 1.82) is 10.5 Å². The van der Waals surface area contributed by atoms with Gasteiger partial charge in [-0.05, 0) is 227 Å². The molecule has 4 aromatic heterocycles. The number of nitrogens with zero attached hydrogens (tertiary/aromatic N) is 14. The van der Waals surface area contributed by atoms with E-state index in [9.17, 15) is 101 Å². The standard InChI is InChI=1S/C28H35N5O3.C27H35F3N5O4P.C26H29F3N4O4S.C24H31F3N4O3S/c1-19-3-7-22(8-4-19)36-27(2)17-32(18-27)21-9-11-28(12-10-21,13-14-29)33-16-23(26(30)35)24(31-33)15-25(34)20-5-6-20;1-3-38-40(37,39-4-2)22-7-5-19(6-8-22)15-24-23(25(32)36)18-35(33-24)26(13-14-31)11-9-21(10-12-26)34-16-20(17-34)27(28,29)30;1-2-26(9-11-32(12-10-26)15-18-14-19(34)5-8-22(18)27)33-16-21(24(30)35)23(31-33)13-17-3-6-20(7-4-17)38(36,37)25(28)29;1-3-23(10-8-18(9-11-23)30-13-17(14-30)24(25,26)27)31-15-20(22(28)32)21(29-31)12-16-4-6-19(7-5-16)35(2,33)34/h3-4,7-8,16,20-21H,5-6,9-13,15,17-18H2,1-2H3,(H2,30,35);5-8,18,20-21H,3-4,9-13,15-17H2,1-2H3,(H2,32,36);3-8,14,16,25,34H,2,9-13,15H2,1H3,(H2,30,35);4-7,15,17-18H,3,8-14H2,1-2H3,(H2,28,32). The lowest BCUT2D eigenvalue weighted by Crippen LogP contribution is -2.66. The van der Waals surface area contributed by atoms with Gasteiger partial charge >= 0.3 is 25.7 Å². The predicted octanol–water partition coefficient (Wildman–Crippen LogP) is 15.4. The Labute approximate surface area is 861 Å². The molecule has 0 radical (unpaired) electrons. The number of carbonyl (C=O) groups is 5. The van der Waals surface area contributed by atoms with Gasteiger partial charge in [0.05, 0.1) is 139 Å². The summed E-state index contributed by atoms with van der Waals surface area (Å²) < 4.78 is 201. The highest BCUT2D eigenvalue weighted by molar-refractivity contribution is 7.91. The average Bonchev–Trinajstić information content (AvgIpc) is 1.69. The van der Waals surface area contributed by atoms with Crippen LogP contribution >= 0.6 is 7.60 Å². The van der Waals surface area contributed by atoms with Crippen molar-refractivity contribution in [3.05, 3.63) is 219 Å². The number of hydrogen-bond donors (Lipinski definition) is 5. The van der Waals surface area contributed by atoms with E-state index in [2.05, 4.69) is 59.9 Å². The maximum absolute atomic E-state index is 14.2. The molecule has 32 nitrogen and oxygen atoms in total. The van der Waals surface area contributed by atoms with Crippen LogP contribution in [0.4, 0.5) is 39.5 Å². The molecule has 4 aliphatic carbocycles. The molecule has 44 heteroatoms. The first kappa shape index (κ1) is 113. The van der Waals surface area contributed by atoms with Gasteiger partial charge in [0.25, 0.3) is 23.6 Å². The van der Waals surface area contributed by atoms with Gasteiger partial charge in [-0.25, -0.2) is 21.2 Å². The Kier molecular flexibility index (Phi) is 35.1. The monoisotopic (exact) mass is 2130 g/mol. The minimum absolute atomic E-state index is 0.00894. The minimum Gasteiger partial charge on any atom is -0.508 e. The second kappa shape index (κ2) is 46.3. The zero-order chi connectivity index (χ0) is 108. The second-order valence-corrected chi connectivity index (χ2v) is 47.1. The molecular weight excluding hydrogens is 2000 g/mol. The molecule has 8 aliphatic rings. The van der Waals surface area contributed by atoms with Crippen molar-refractivity contribution >= 4 is 62.0 Å².